The molecule has 1 amide bonds. The number of nitrogens with zero attached hydrogens (tertiary/aromatic N) is 1. The Morgan fingerprint density at radius 3 is 2.36 bits per heavy atom. The number of carbonyl (C=O) groups is 2. The van der Waals surface area contributed by atoms with Crippen molar-refractivity contribution in [2.45, 2.75) is 39.2 Å². The van der Waals surface area contributed by atoms with E-state index in [2.05, 4.69) is 0 Å². The summed E-state index contributed by atoms with van der Waals surface area (Å²) in [5, 5.41) is 0. The van der Waals surface area contributed by atoms with Crippen LogP contribution in [0.1, 0.15) is 52.8 Å². The Hall–Kier alpha value is -2.56. The lowest BCUT2D eigenvalue weighted by molar-refractivity contribution is -0.142. The third-order valence-corrected chi connectivity index (χ3v) is 4.48. The van der Waals surface area contributed by atoms with Crippen molar-refractivity contribution in [1.82, 2.24) is 4.90 Å². The van der Waals surface area contributed by atoms with Gasteiger partial charge in [-0.05, 0) is 39.2 Å². The molecule has 3 rings (SSSR count). The molecule has 0 unspecified atom stereocenters. The molecule has 1 fully saturated rings. The summed E-state index contributed by atoms with van der Waals surface area (Å²) in [6.07, 6.45) is 2.18. The van der Waals surface area contributed by atoms with Gasteiger partial charge in [0.25, 0.3) is 5.91 Å². The summed E-state index contributed by atoms with van der Waals surface area (Å²) in [7, 11) is 0. The van der Waals surface area contributed by atoms with Crippen LogP contribution in [-0.2, 0) is 9.53 Å². The topological polar surface area (TPSA) is 59.8 Å². The standard InChI is InChI=1S/C20H23NO4/c1-14-13-17(15(2)24-14)20(23)25-18(16-9-5-3-6-10-16)19(22)21-11-7-4-8-12-21/h3,5-6,9-10,13,18H,4,7-8,11-12H2,1-2H3/t18-/m0/s1. The molecule has 0 bridgehead atoms. The number of amides is 1. The van der Waals surface area contributed by atoms with Gasteiger partial charge in [0.05, 0.1) is 0 Å². The predicted octanol–water partition coefficient (Wildman–Crippen LogP) is 3.81. The maximum absolute atomic E-state index is 13.0. The zero-order valence-corrected chi connectivity index (χ0v) is 14.7. The van der Waals surface area contributed by atoms with E-state index < -0.39 is 12.1 Å². The first-order valence-electron chi connectivity index (χ1n) is 8.68. The average molecular weight is 341 g/mol. The predicted molar refractivity (Wildman–Crippen MR) is 93.2 cm³/mol. The molecule has 1 saturated heterocycles. The molecule has 5 heteroatoms. The first kappa shape index (κ1) is 17.3. The molecule has 1 aromatic heterocycles. The van der Waals surface area contributed by atoms with Gasteiger partial charge in [0.15, 0.2) is 0 Å². The fraction of sp³-hybridized carbons (Fsp3) is 0.400. The van der Waals surface area contributed by atoms with Gasteiger partial charge in [-0.15, -0.1) is 0 Å². The van der Waals surface area contributed by atoms with Crippen molar-refractivity contribution in [3.63, 3.8) is 0 Å². The molecular weight excluding hydrogens is 318 g/mol. The summed E-state index contributed by atoms with van der Waals surface area (Å²) < 4.78 is 11.0. The van der Waals surface area contributed by atoms with Crippen molar-refractivity contribution in [2.24, 2.45) is 0 Å². The Labute approximate surface area is 147 Å². The van der Waals surface area contributed by atoms with Crippen LogP contribution in [0, 0.1) is 13.8 Å². The monoisotopic (exact) mass is 341 g/mol. The summed E-state index contributed by atoms with van der Waals surface area (Å²) in [4.78, 5) is 27.4. The van der Waals surface area contributed by atoms with Gasteiger partial charge in [-0.2, -0.15) is 0 Å². The fourth-order valence-corrected chi connectivity index (χ4v) is 3.17. The van der Waals surface area contributed by atoms with E-state index in [0.29, 0.717) is 35.7 Å². The van der Waals surface area contributed by atoms with Gasteiger partial charge in [0.2, 0.25) is 6.10 Å². The molecule has 0 aliphatic carbocycles. The van der Waals surface area contributed by atoms with Crippen molar-refractivity contribution in [3.8, 4) is 0 Å². The summed E-state index contributed by atoms with van der Waals surface area (Å²) in [5.74, 6) is 0.452. The molecule has 0 N–H and O–H groups in total. The number of carbonyl (C=O) groups excluding carboxylic acids is 2. The molecule has 1 aliphatic heterocycles. The number of benzene rings is 1. The highest BCUT2D eigenvalue weighted by Gasteiger charge is 2.31. The average Bonchev–Trinajstić information content (AvgIpc) is 2.99. The van der Waals surface area contributed by atoms with Gasteiger partial charge in [-0.3, -0.25) is 4.79 Å². The first-order chi connectivity index (χ1) is 12.1. The minimum Gasteiger partial charge on any atom is -0.466 e. The summed E-state index contributed by atoms with van der Waals surface area (Å²) in [5.41, 5.74) is 1.05. The van der Waals surface area contributed by atoms with Crippen LogP contribution in [0.5, 0.6) is 0 Å². The molecule has 2 aromatic rings. The Morgan fingerprint density at radius 1 is 1.08 bits per heavy atom. The molecule has 1 aliphatic rings. The van der Waals surface area contributed by atoms with E-state index in [9.17, 15) is 9.59 Å². The molecule has 25 heavy (non-hydrogen) atoms. The normalized spacial score (nSPS) is 15.7. The van der Waals surface area contributed by atoms with E-state index in [0.717, 1.165) is 19.3 Å². The molecule has 132 valence electrons. The Balaban J connectivity index is 1.85. The molecule has 2 heterocycles. The zero-order chi connectivity index (χ0) is 17.8. The number of esters is 1. The van der Waals surface area contributed by atoms with Crippen LogP contribution in [0.2, 0.25) is 0 Å². The molecule has 1 aromatic carbocycles. The van der Waals surface area contributed by atoms with Gasteiger partial charge in [0, 0.05) is 18.7 Å². The van der Waals surface area contributed by atoms with Crippen LogP contribution in [0.15, 0.2) is 40.8 Å². The van der Waals surface area contributed by atoms with Crippen molar-refractivity contribution in [1.29, 1.82) is 0 Å². The lowest BCUT2D eigenvalue weighted by Gasteiger charge is -2.30. The van der Waals surface area contributed by atoms with Crippen LogP contribution in [0.3, 0.4) is 0 Å². The maximum atomic E-state index is 13.0. The number of ether oxygens (including phenoxy) is 1. The summed E-state index contributed by atoms with van der Waals surface area (Å²) in [6.45, 7) is 4.91. The second-order valence-electron chi connectivity index (χ2n) is 6.41. The lowest BCUT2D eigenvalue weighted by Crippen LogP contribution is -2.40. The molecule has 0 saturated carbocycles. The number of hydrogen-bond donors (Lipinski definition) is 0. The van der Waals surface area contributed by atoms with Gasteiger partial charge in [0.1, 0.15) is 17.1 Å². The largest absolute Gasteiger partial charge is 0.466 e. The Morgan fingerprint density at radius 2 is 1.76 bits per heavy atom. The van der Waals surface area contributed by atoms with Crippen molar-refractivity contribution in [2.75, 3.05) is 13.1 Å². The fourth-order valence-electron chi connectivity index (χ4n) is 3.17. The highest BCUT2D eigenvalue weighted by molar-refractivity contribution is 5.93. The zero-order valence-electron chi connectivity index (χ0n) is 14.7. The van der Waals surface area contributed by atoms with Gasteiger partial charge >= 0.3 is 5.97 Å². The van der Waals surface area contributed by atoms with Crippen LogP contribution < -0.4 is 0 Å². The SMILES string of the molecule is Cc1cc(C(=O)O[C@H](C(=O)N2CCCCC2)c2ccccc2)c(C)o1. The number of piperidine rings is 1. The second kappa shape index (κ2) is 7.55. The van der Waals surface area contributed by atoms with E-state index >= 15 is 0 Å². The van der Waals surface area contributed by atoms with E-state index in [1.54, 1.807) is 24.8 Å². The summed E-state index contributed by atoms with van der Waals surface area (Å²) in [6, 6.07) is 10.8. The number of furan rings is 1. The molecule has 1 atom stereocenters. The van der Waals surface area contributed by atoms with Crippen molar-refractivity contribution in [3.05, 3.63) is 59.0 Å². The Kier molecular flexibility index (Phi) is 5.22. The minimum atomic E-state index is -0.929. The second-order valence-corrected chi connectivity index (χ2v) is 6.41. The quantitative estimate of drug-likeness (QED) is 0.794. The molecule has 5 nitrogen and oxygen atoms in total. The van der Waals surface area contributed by atoms with Crippen LogP contribution in [0.4, 0.5) is 0 Å². The highest BCUT2D eigenvalue weighted by atomic mass is 16.5. The van der Waals surface area contributed by atoms with E-state index in [-0.39, 0.29) is 5.91 Å². The number of likely N-dealkylation sites (tertiary alicyclic amines) is 1. The number of hydrogen-bond acceptors (Lipinski definition) is 4. The lowest BCUT2D eigenvalue weighted by atomic mass is 10.1. The maximum Gasteiger partial charge on any atom is 0.342 e. The smallest absolute Gasteiger partial charge is 0.342 e. The van der Waals surface area contributed by atoms with E-state index in [1.165, 1.54) is 0 Å². The Bertz CT molecular complexity index is 744. The van der Waals surface area contributed by atoms with Gasteiger partial charge < -0.3 is 14.1 Å². The molecule has 0 spiro atoms. The van der Waals surface area contributed by atoms with Crippen molar-refractivity contribution >= 4 is 11.9 Å². The minimum absolute atomic E-state index is 0.155. The number of rotatable bonds is 4. The third-order valence-electron chi connectivity index (χ3n) is 4.48. The van der Waals surface area contributed by atoms with E-state index in [1.807, 2.05) is 30.3 Å². The first-order valence-corrected chi connectivity index (χ1v) is 8.68. The summed E-state index contributed by atoms with van der Waals surface area (Å²) >= 11 is 0. The van der Waals surface area contributed by atoms with Crippen LogP contribution >= 0.6 is 0 Å². The van der Waals surface area contributed by atoms with Gasteiger partial charge in [-0.25, -0.2) is 4.79 Å². The van der Waals surface area contributed by atoms with Crippen LogP contribution in [-0.4, -0.2) is 29.9 Å². The third kappa shape index (κ3) is 3.92. The van der Waals surface area contributed by atoms with E-state index in [4.69, 9.17) is 9.15 Å². The van der Waals surface area contributed by atoms with Crippen molar-refractivity contribution < 1.29 is 18.7 Å². The number of aryl methyl sites for hydroxylation is 2. The highest BCUT2D eigenvalue weighted by Crippen LogP contribution is 2.25. The molecular formula is C20H23NO4. The van der Waals surface area contributed by atoms with Crippen LogP contribution in [0.25, 0.3) is 0 Å². The van der Waals surface area contributed by atoms with Gasteiger partial charge in [-0.1, -0.05) is 30.3 Å². The molecule has 0 radical (unpaired) electrons.